The average molecular weight is 403 g/mol. The minimum atomic E-state index is -3.75. The standard InChI is InChI=1S/C21H26N2O4S/c1-16(2)14-15-22-21(24)13-10-17-8-11-18(12-9-17)28(25,26)23-19-6-4-5-7-20(19)27-3/h4-13,16,23H,14-15H2,1-3H3,(H,22,24)/b13-10+. The number of methoxy groups -OCH3 is 1. The fourth-order valence-corrected chi connectivity index (χ4v) is 3.48. The van der Waals surface area contributed by atoms with Crippen LogP contribution in [0.1, 0.15) is 25.8 Å². The molecule has 0 saturated carbocycles. The Morgan fingerprint density at radius 1 is 1.11 bits per heavy atom. The maximum absolute atomic E-state index is 12.6. The smallest absolute Gasteiger partial charge is 0.262 e. The molecule has 0 unspecified atom stereocenters. The van der Waals surface area contributed by atoms with Gasteiger partial charge in [-0.3, -0.25) is 9.52 Å². The van der Waals surface area contributed by atoms with Gasteiger partial charge >= 0.3 is 0 Å². The highest BCUT2D eigenvalue weighted by Gasteiger charge is 2.16. The molecule has 0 atom stereocenters. The Labute approximate surface area is 166 Å². The van der Waals surface area contributed by atoms with Crippen LogP contribution in [-0.2, 0) is 14.8 Å². The summed E-state index contributed by atoms with van der Waals surface area (Å²) in [6.45, 7) is 4.83. The molecule has 1 amide bonds. The molecule has 0 radical (unpaired) electrons. The van der Waals surface area contributed by atoms with Gasteiger partial charge in [0.1, 0.15) is 5.75 Å². The zero-order valence-corrected chi connectivity index (χ0v) is 17.1. The summed E-state index contributed by atoms with van der Waals surface area (Å²) in [7, 11) is -2.27. The van der Waals surface area contributed by atoms with Crippen LogP contribution >= 0.6 is 0 Å². The number of para-hydroxylation sites is 2. The Morgan fingerprint density at radius 2 is 1.79 bits per heavy atom. The molecule has 0 fully saturated rings. The maximum atomic E-state index is 12.6. The fourth-order valence-electron chi connectivity index (χ4n) is 2.41. The van der Waals surface area contributed by atoms with Crippen LogP contribution in [0.4, 0.5) is 5.69 Å². The van der Waals surface area contributed by atoms with Gasteiger partial charge in [0.2, 0.25) is 5.91 Å². The summed E-state index contributed by atoms with van der Waals surface area (Å²) in [6, 6.07) is 13.1. The topological polar surface area (TPSA) is 84.5 Å². The average Bonchev–Trinajstić information content (AvgIpc) is 2.66. The second-order valence-electron chi connectivity index (χ2n) is 6.68. The minimum absolute atomic E-state index is 0.122. The molecule has 150 valence electrons. The fraction of sp³-hybridized carbons (Fsp3) is 0.286. The number of ether oxygens (including phenoxy) is 1. The lowest BCUT2D eigenvalue weighted by atomic mass is 10.1. The lowest BCUT2D eigenvalue weighted by molar-refractivity contribution is -0.116. The second-order valence-corrected chi connectivity index (χ2v) is 8.36. The summed E-state index contributed by atoms with van der Waals surface area (Å²) >= 11 is 0. The Balaban J connectivity index is 2.03. The molecule has 0 spiro atoms. The number of amides is 1. The molecule has 0 aliphatic carbocycles. The van der Waals surface area contributed by atoms with Crippen molar-refractivity contribution in [1.29, 1.82) is 0 Å². The first-order valence-electron chi connectivity index (χ1n) is 9.03. The van der Waals surface area contributed by atoms with E-state index in [1.807, 2.05) is 0 Å². The highest BCUT2D eigenvalue weighted by atomic mass is 32.2. The van der Waals surface area contributed by atoms with Crippen LogP contribution in [-0.4, -0.2) is 28.0 Å². The van der Waals surface area contributed by atoms with Crippen LogP contribution < -0.4 is 14.8 Å². The van der Waals surface area contributed by atoms with E-state index in [0.717, 1.165) is 12.0 Å². The molecule has 2 aromatic rings. The van der Waals surface area contributed by atoms with Crippen molar-refractivity contribution in [3.63, 3.8) is 0 Å². The van der Waals surface area contributed by atoms with Gasteiger partial charge in [0.15, 0.2) is 0 Å². The number of carbonyl (C=O) groups is 1. The van der Waals surface area contributed by atoms with Crippen molar-refractivity contribution in [2.24, 2.45) is 5.92 Å². The molecule has 2 N–H and O–H groups in total. The Hall–Kier alpha value is -2.80. The third-order valence-corrected chi connectivity index (χ3v) is 5.37. The Kier molecular flexibility index (Phi) is 7.63. The first-order chi connectivity index (χ1) is 13.3. The minimum Gasteiger partial charge on any atom is -0.495 e. The molecule has 0 aromatic heterocycles. The number of rotatable bonds is 9. The molecular formula is C21H26N2O4S. The zero-order chi connectivity index (χ0) is 20.6. The van der Waals surface area contributed by atoms with Gasteiger partial charge in [0.05, 0.1) is 17.7 Å². The van der Waals surface area contributed by atoms with E-state index in [4.69, 9.17) is 4.74 Å². The van der Waals surface area contributed by atoms with E-state index in [-0.39, 0.29) is 10.8 Å². The summed E-state index contributed by atoms with van der Waals surface area (Å²) in [5.74, 6) is 0.799. The monoisotopic (exact) mass is 402 g/mol. The SMILES string of the molecule is COc1ccccc1NS(=O)(=O)c1ccc(/C=C/C(=O)NCCC(C)C)cc1. The van der Waals surface area contributed by atoms with Crippen molar-refractivity contribution in [2.45, 2.75) is 25.2 Å². The van der Waals surface area contributed by atoms with Crippen LogP contribution in [0.2, 0.25) is 0 Å². The van der Waals surface area contributed by atoms with E-state index in [9.17, 15) is 13.2 Å². The summed E-state index contributed by atoms with van der Waals surface area (Å²) in [4.78, 5) is 11.9. The van der Waals surface area contributed by atoms with E-state index >= 15 is 0 Å². The lowest BCUT2D eigenvalue weighted by Gasteiger charge is -2.11. The van der Waals surface area contributed by atoms with Crippen LogP contribution in [0.25, 0.3) is 6.08 Å². The second kappa shape index (κ2) is 9.94. The number of carbonyl (C=O) groups excluding carboxylic acids is 1. The highest BCUT2D eigenvalue weighted by molar-refractivity contribution is 7.92. The molecule has 0 bridgehead atoms. The van der Waals surface area contributed by atoms with E-state index in [0.29, 0.717) is 23.9 Å². The first-order valence-corrected chi connectivity index (χ1v) is 10.5. The quantitative estimate of drug-likeness (QED) is 0.627. The Bertz CT molecular complexity index is 920. The van der Waals surface area contributed by atoms with Crippen LogP contribution in [0.5, 0.6) is 5.75 Å². The van der Waals surface area contributed by atoms with E-state index in [2.05, 4.69) is 23.9 Å². The normalized spacial score (nSPS) is 11.6. The number of sulfonamides is 1. The molecule has 2 rings (SSSR count). The van der Waals surface area contributed by atoms with Gasteiger partial charge in [0.25, 0.3) is 10.0 Å². The third kappa shape index (κ3) is 6.42. The van der Waals surface area contributed by atoms with E-state index in [1.165, 1.54) is 25.3 Å². The Morgan fingerprint density at radius 3 is 2.43 bits per heavy atom. The van der Waals surface area contributed by atoms with E-state index < -0.39 is 10.0 Å². The van der Waals surface area contributed by atoms with Crippen molar-refractivity contribution in [1.82, 2.24) is 5.32 Å². The third-order valence-electron chi connectivity index (χ3n) is 3.99. The maximum Gasteiger partial charge on any atom is 0.262 e. The summed E-state index contributed by atoms with van der Waals surface area (Å²) in [6.07, 6.45) is 4.01. The van der Waals surface area contributed by atoms with Gasteiger partial charge in [-0.05, 0) is 48.2 Å². The number of hydrogen-bond acceptors (Lipinski definition) is 4. The molecule has 0 aliphatic heterocycles. The molecule has 0 heterocycles. The van der Waals surface area contributed by atoms with Gasteiger partial charge < -0.3 is 10.1 Å². The molecule has 0 saturated heterocycles. The van der Waals surface area contributed by atoms with Crippen LogP contribution in [0.3, 0.4) is 0 Å². The van der Waals surface area contributed by atoms with Gasteiger partial charge in [0, 0.05) is 12.6 Å². The van der Waals surface area contributed by atoms with Crippen molar-refractivity contribution in [3.05, 3.63) is 60.2 Å². The molecule has 7 heteroatoms. The molecule has 0 aliphatic rings. The first kappa shape index (κ1) is 21.5. The van der Waals surface area contributed by atoms with Crippen LogP contribution in [0.15, 0.2) is 59.5 Å². The zero-order valence-electron chi connectivity index (χ0n) is 16.3. The summed E-state index contributed by atoms with van der Waals surface area (Å²) in [5, 5.41) is 2.81. The number of nitrogens with one attached hydrogen (secondary N) is 2. The molecular weight excluding hydrogens is 376 g/mol. The van der Waals surface area contributed by atoms with Crippen molar-refractivity contribution in [3.8, 4) is 5.75 Å². The number of benzene rings is 2. The molecule has 2 aromatic carbocycles. The summed E-state index contributed by atoms with van der Waals surface area (Å²) < 4.78 is 32.8. The van der Waals surface area contributed by atoms with Crippen molar-refractivity contribution >= 4 is 27.7 Å². The van der Waals surface area contributed by atoms with Gasteiger partial charge in [-0.2, -0.15) is 0 Å². The lowest BCUT2D eigenvalue weighted by Crippen LogP contribution is -2.23. The molecule has 6 nitrogen and oxygen atoms in total. The van der Waals surface area contributed by atoms with Gasteiger partial charge in [-0.25, -0.2) is 8.42 Å². The van der Waals surface area contributed by atoms with Crippen molar-refractivity contribution in [2.75, 3.05) is 18.4 Å². The largest absolute Gasteiger partial charge is 0.495 e. The van der Waals surface area contributed by atoms with Crippen molar-refractivity contribution < 1.29 is 17.9 Å². The number of hydrogen-bond donors (Lipinski definition) is 2. The number of anilines is 1. The highest BCUT2D eigenvalue weighted by Crippen LogP contribution is 2.26. The predicted octanol–water partition coefficient (Wildman–Crippen LogP) is 3.67. The molecule has 28 heavy (non-hydrogen) atoms. The summed E-state index contributed by atoms with van der Waals surface area (Å²) in [5.41, 5.74) is 1.10. The van der Waals surface area contributed by atoms with E-state index in [1.54, 1.807) is 42.5 Å². The van der Waals surface area contributed by atoms with Gasteiger partial charge in [-0.15, -0.1) is 0 Å². The van der Waals surface area contributed by atoms with Gasteiger partial charge in [-0.1, -0.05) is 38.1 Å². The van der Waals surface area contributed by atoms with Crippen LogP contribution in [0, 0.1) is 5.92 Å². The predicted molar refractivity (Wildman–Crippen MR) is 112 cm³/mol.